The molecule has 0 unspecified atom stereocenters. The van der Waals surface area contributed by atoms with Crippen molar-refractivity contribution in [2.75, 3.05) is 0 Å². The van der Waals surface area contributed by atoms with E-state index in [9.17, 15) is 77.7 Å². The summed E-state index contributed by atoms with van der Waals surface area (Å²) in [6.07, 6.45) is 0. The molecule has 0 saturated carbocycles. The van der Waals surface area contributed by atoms with Gasteiger partial charge in [0.25, 0.3) is 0 Å². The van der Waals surface area contributed by atoms with Gasteiger partial charge in [0.15, 0.2) is 0 Å². The van der Waals surface area contributed by atoms with E-state index in [2.05, 4.69) is 0 Å². The summed E-state index contributed by atoms with van der Waals surface area (Å²) in [6.45, 7) is 0. The predicted molar refractivity (Wildman–Crippen MR) is 179 cm³/mol. The van der Waals surface area contributed by atoms with E-state index in [1.165, 1.54) is 0 Å². The topological polar surface area (TPSA) is 9.86 Å². The third kappa shape index (κ3) is 8.23. The summed E-state index contributed by atoms with van der Waals surface area (Å²) in [5, 5.41) is 0. The Bertz CT molecular complexity index is 2410. The number of halogens is 20. The van der Waals surface area contributed by atoms with Crippen molar-refractivity contribution in [1.29, 1.82) is 0 Å². The SMILES string of the molecule is FS(F)(F)(F)(F)c1ccc(-c2cc3c(cc(-c4ccc(S(F)(F)(F)(F)F)cc4)n3-c3ccc(S(F)(F)(F)(F)F)cc3)n2-c2ccc(S(F)(F)(F)(F)F)cc2)cc1. The van der Waals surface area contributed by atoms with E-state index in [1.807, 2.05) is 0 Å². The van der Waals surface area contributed by atoms with Gasteiger partial charge in [-0.3, -0.25) is 0 Å². The molecule has 2 nitrogen and oxygen atoms in total. The van der Waals surface area contributed by atoms with Crippen LogP contribution in [0, 0.1) is 0 Å². The fraction of sp³-hybridized carbons (Fsp3) is 0. The Morgan fingerprint density at radius 1 is 0.268 bits per heavy atom. The molecule has 2 heterocycles. The summed E-state index contributed by atoms with van der Waals surface area (Å²) in [6, 6.07) is 4.76. The maximum Gasteiger partial charge on any atom is 0.310 e. The van der Waals surface area contributed by atoms with Crippen molar-refractivity contribution < 1.29 is 77.7 Å². The van der Waals surface area contributed by atoms with Gasteiger partial charge in [-0.1, -0.05) is 102 Å². The molecule has 0 radical (unpaired) electrons. The fourth-order valence-corrected chi connectivity index (χ4v) is 8.21. The highest BCUT2D eigenvalue weighted by molar-refractivity contribution is 8.46. The molecule has 312 valence electrons. The summed E-state index contributed by atoms with van der Waals surface area (Å²) in [7, 11) is -41.3. The second-order valence-electron chi connectivity index (χ2n) is 12.4. The molecule has 0 aliphatic heterocycles. The van der Waals surface area contributed by atoms with Crippen molar-refractivity contribution in [3.63, 3.8) is 0 Å². The summed E-state index contributed by atoms with van der Waals surface area (Å²) < 4.78 is 272. The number of benzene rings is 4. The van der Waals surface area contributed by atoms with E-state index in [1.54, 1.807) is 0 Å². The van der Waals surface area contributed by atoms with Crippen LogP contribution >= 0.6 is 40.9 Å². The lowest BCUT2D eigenvalue weighted by molar-refractivity contribution is 0.360. The molecule has 0 atom stereocenters. The molecule has 0 aliphatic carbocycles. The monoisotopic (exact) mass is 914 g/mol. The molecule has 0 spiro atoms. The number of rotatable bonds is 8. The number of fused-ring (bicyclic) bond motifs is 1. The second-order valence-corrected chi connectivity index (χ2v) is 22.1. The maximum absolute atomic E-state index is 13.6. The number of hydrogen-bond acceptors (Lipinski definition) is 0. The zero-order valence-electron chi connectivity index (χ0n) is 26.5. The van der Waals surface area contributed by atoms with Crippen LogP contribution < -0.4 is 0 Å². The normalized spacial score (nSPS) is 18.4. The first-order chi connectivity index (χ1) is 24.3. The van der Waals surface area contributed by atoms with Crippen LogP contribution in [0.5, 0.6) is 0 Å². The summed E-state index contributed by atoms with van der Waals surface area (Å²) >= 11 is 0. The minimum atomic E-state index is -10.3. The van der Waals surface area contributed by atoms with Gasteiger partial charge < -0.3 is 9.13 Å². The molecule has 6 rings (SSSR count). The third-order valence-corrected chi connectivity index (χ3v) is 12.7. The van der Waals surface area contributed by atoms with Crippen LogP contribution in [0.25, 0.3) is 44.9 Å². The van der Waals surface area contributed by atoms with E-state index < -0.39 is 94.4 Å². The average molecular weight is 915 g/mol. The van der Waals surface area contributed by atoms with Gasteiger partial charge in [0.1, 0.15) is 19.6 Å². The van der Waals surface area contributed by atoms with Crippen molar-refractivity contribution in [2.24, 2.45) is 0 Å². The number of nitrogens with zero attached hydrogens (tertiary/aromatic N) is 2. The van der Waals surface area contributed by atoms with Gasteiger partial charge in [-0.05, 0) is 96.1 Å². The first-order valence-corrected chi connectivity index (χ1v) is 22.2. The molecule has 56 heavy (non-hydrogen) atoms. The van der Waals surface area contributed by atoms with Crippen LogP contribution in [-0.2, 0) is 0 Å². The summed E-state index contributed by atoms with van der Waals surface area (Å²) in [5.74, 6) is 0. The van der Waals surface area contributed by atoms with Gasteiger partial charge in [0.05, 0.1) is 22.4 Å². The molecule has 6 aromatic rings. The minimum absolute atomic E-state index is 0.0747. The molecule has 0 N–H and O–H groups in total. The molecular weight excluding hydrogens is 897 g/mol. The predicted octanol–water partition coefficient (Wildman–Crippen LogP) is 18.4. The molecule has 0 amide bonds. The molecular formula is C30H18F20N2S4. The lowest BCUT2D eigenvalue weighted by atomic mass is 10.1. The molecule has 4 aromatic carbocycles. The second kappa shape index (κ2) is 9.36. The van der Waals surface area contributed by atoms with E-state index in [0.717, 1.165) is 21.3 Å². The fourth-order valence-electron chi connectivity index (χ4n) is 5.61. The lowest BCUT2D eigenvalue weighted by Crippen LogP contribution is -2.07. The van der Waals surface area contributed by atoms with Crippen molar-refractivity contribution in [3.05, 3.63) is 109 Å². The molecule has 26 heteroatoms. The van der Waals surface area contributed by atoms with E-state index in [0.29, 0.717) is 48.5 Å². The van der Waals surface area contributed by atoms with E-state index in [-0.39, 0.29) is 59.6 Å². The quantitative estimate of drug-likeness (QED) is 0.135. The van der Waals surface area contributed by atoms with E-state index >= 15 is 0 Å². The Morgan fingerprint density at radius 3 is 0.661 bits per heavy atom. The van der Waals surface area contributed by atoms with Gasteiger partial charge in [-0.25, -0.2) is 0 Å². The molecule has 0 aliphatic rings. The van der Waals surface area contributed by atoms with Crippen LogP contribution in [0.1, 0.15) is 0 Å². The Hall–Kier alpha value is -4.30. The van der Waals surface area contributed by atoms with Crippen LogP contribution in [0.15, 0.2) is 129 Å². The summed E-state index contributed by atoms with van der Waals surface area (Å²) in [4.78, 5) is -9.65. The minimum Gasteiger partial charge on any atom is -0.308 e. The van der Waals surface area contributed by atoms with Gasteiger partial charge in [0, 0.05) is 11.4 Å². The van der Waals surface area contributed by atoms with E-state index in [4.69, 9.17) is 0 Å². The van der Waals surface area contributed by atoms with Crippen molar-refractivity contribution in [1.82, 2.24) is 9.13 Å². The van der Waals surface area contributed by atoms with Gasteiger partial charge in [-0.2, -0.15) is 0 Å². The van der Waals surface area contributed by atoms with Gasteiger partial charge in [0.2, 0.25) is 0 Å². The Kier molecular flexibility index (Phi) is 6.91. The first kappa shape index (κ1) is 41.3. The van der Waals surface area contributed by atoms with Gasteiger partial charge >= 0.3 is 40.9 Å². The highest BCUT2D eigenvalue weighted by Gasteiger charge is 2.67. The molecule has 0 bridgehead atoms. The molecule has 0 fully saturated rings. The zero-order chi connectivity index (χ0) is 42.4. The van der Waals surface area contributed by atoms with Crippen molar-refractivity contribution in [2.45, 2.75) is 19.6 Å². The van der Waals surface area contributed by atoms with Crippen LogP contribution in [0.2, 0.25) is 0 Å². The standard InChI is InChI=1S/C30H18F20N2S4/c31-53(32,33,34,35)23-9-1-19(2-10-23)27-17-29-30(51(27)21-5-13-25(14-6-21)55(41,42,43,44)45)18-28(20-3-11-24(12-4-20)54(36,37,38,39)40)52(29)22-7-15-26(16-8-22)56(46,47,48,49)50/h1-18H. The maximum atomic E-state index is 13.6. The Morgan fingerprint density at radius 2 is 0.464 bits per heavy atom. The third-order valence-electron chi connectivity index (χ3n) is 8.04. The van der Waals surface area contributed by atoms with Crippen LogP contribution in [0.4, 0.5) is 77.7 Å². The van der Waals surface area contributed by atoms with Crippen molar-refractivity contribution in [3.8, 4) is 33.9 Å². The summed E-state index contributed by atoms with van der Waals surface area (Å²) in [5.41, 5.74) is -3.52. The van der Waals surface area contributed by atoms with Crippen LogP contribution in [0.3, 0.4) is 0 Å². The van der Waals surface area contributed by atoms with Crippen LogP contribution in [-0.4, -0.2) is 9.13 Å². The van der Waals surface area contributed by atoms with Gasteiger partial charge in [-0.15, -0.1) is 0 Å². The molecule has 0 saturated heterocycles. The Labute approximate surface area is 300 Å². The highest BCUT2D eigenvalue weighted by Crippen LogP contribution is 3.04. The average Bonchev–Trinajstić information content (AvgIpc) is 3.53. The smallest absolute Gasteiger partial charge is 0.308 e. The number of hydrogen-bond donors (Lipinski definition) is 0. The molecule has 2 aromatic heterocycles. The largest absolute Gasteiger partial charge is 0.310 e. The lowest BCUT2D eigenvalue weighted by Gasteiger charge is -2.40. The number of aromatic nitrogens is 2. The zero-order valence-corrected chi connectivity index (χ0v) is 29.7. The highest BCUT2D eigenvalue weighted by atomic mass is 32.5. The Balaban J connectivity index is 1.69. The first-order valence-electron chi connectivity index (χ1n) is 14.4. The van der Waals surface area contributed by atoms with Crippen molar-refractivity contribution >= 4 is 51.9 Å².